The molecule has 2 aromatic rings. The van der Waals surface area contributed by atoms with Gasteiger partial charge in [0.15, 0.2) is 0 Å². The fourth-order valence-electron chi connectivity index (χ4n) is 3.07. The van der Waals surface area contributed by atoms with Crippen LogP contribution in [0.15, 0.2) is 54.6 Å². The van der Waals surface area contributed by atoms with Crippen molar-refractivity contribution in [1.82, 2.24) is 10.2 Å². The average Bonchev–Trinajstić information content (AvgIpc) is 3.11. The van der Waals surface area contributed by atoms with E-state index in [1.807, 2.05) is 36.4 Å². The minimum atomic E-state index is -0.586. The van der Waals surface area contributed by atoms with Gasteiger partial charge in [0.1, 0.15) is 17.9 Å². The number of rotatable bonds is 4. The van der Waals surface area contributed by atoms with Gasteiger partial charge in [0.05, 0.1) is 18.2 Å². The standard InChI is InChI=1S/C20H19N3O3/c1-22-19(24)18-11-17(26-16-5-3-2-4-6-16)13-23(18)20(25)15-9-7-14(12-21)8-10-15/h2-10,17-18H,11,13H2,1H3,(H,22,24)/t17-,18-/m0/s1. The molecule has 1 heterocycles. The summed E-state index contributed by atoms with van der Waals surface area (Å²) < 4.78 is 5.94. The summed E-state index contributed by atoms with van der Waals surface area (Å²) in [6, 6.07) is 17.2. The summed E-state index contributed by atoms with van der Waals surface area (Å²) in [5, 5.41) is 11.5. The molecule has 0 radical (unpaired) electrons. The van der Waals surface area contributed by atoms with Crippen molar-refractivity contribution in [1.29, 1.82) is 5.26 Å². The number of hydrogen-bond acceptors (Lipinski definition) is 4. The molecule has 0 bridgehead atoms. The zero-order chi connectivity index (χ0) is 18.5. The van der Waals surface area contributed by atoms with Crippen LogP contribution in [-0.2, 0) is 4.79 Å². The zero-order valence-electron chi connectivity index (χ0n) is 14.4. The molecule has 26 heavy (non-hydrogen) atoms. The van der Waals surface area contributed by atoms with Crippen molar-refractivity contribution in [3.05, 3.63) is 65.7 Å². The summed E-state index contributed by atoms with van der Waals surface area (Å²) in [7, 11) is 1.55. The van der Waals surface area contributed by atoms with Gasteiger partial charge in [-0.2, -0.15) is 5.26 Å². The highest BCUT2D eigenvalue weighted by Gasteiger charge is 2.40. The minimum Gasteiger partial charge on any atom is -0.488 e. The summed E-state index contributed by atoms with van der Waals surface area (Å²) in [5.74, 6) is 0.245. The predicted octanol–water partition coefficient (Wildman–Crippen LogP) is 1.97. The lowest BCUT2D eigenvalue weighted by atomic mass is 10.1. The first kappa shape index (κ1) is 17.5. The van der Waals surface area contributed by atoms with E-state index in [4.69, 9.17) is 10.00 Å². The maximum Gasteiger partial charge on any atom is 0.254 e. The normalized spacial score (nSPS) is 18.8. The van der Waals surface area contributed by atoms with Gasteiger partial charge in [0.25, 0.3) is 5.91 Å². The number of hydrogen-bond donors (Lipinski definition) is 1. The second-order valence-electron chi connectivity index (χ2n) is 6.07. The molecule has 6 nitrogen and oxygen atoms in total. The molecule has 1 saturated heterocycles. The molecule has 0 aromatic heterocycles. The van der Waals surface area contributed by atoms with Gasteiger partial charge >= 0.3 is 0 Å². The molecule has 6 heteroatoms. The summed E-state index contributed by atoms with van der Waals surface area (Å²) in [5.41, 5.74) is 0.925. The van der Waals surface area contributed by atoms with Gasteiger partial charge in [-0.15, -0.1) is 0 Å². The van der Waals surface area contributed by atoms with Crippen LogP contribution in [0.25, 0.3) is 0 Å². The van der Waals surface area contributed by atoms with Crippen LogP contribution in [0.1, 0.15) is 22.3 Å². The van der Waals surface area contributed by atoms with Crippen LogP contribution < -0.4 is 10.1 Å². The summed E-state index contributed by atoms with van der Waals surface area (Å²) >= 11 is 0. The van der Waals surface area contributed by atoms with E-state index in [2.05, 4.69) is 5.32 Å². The average molecular weight is 349 g/mol. The number of amides is 2. The molecule has 1 aliphatic heterocycles. The molecule has 2 aromatic carbocycles. The molecule has 1 aliphatic rings. The van der Waals surface area contributed by atoms with Gasteiger partial charge in [0.2, 0.25) is 5.91 Å². The van der Waals surface area contributed by atoms with Crippen LogP contribution in [0, 0.1) is 11.3 Å². The number of benzene rings is 2. The van der Waals surface area contributed by atoms with Crippen LogP contribution >= 0.6 is 0 Å². The van der Waals surface area contributed by atoms with Gasteiger partial charge in [-0.3, -0.25) is 9.59 Å². The van der Waals surface area contributed by atoms with Gasteiger partial charge in [-0.25, -0.2) is 0 Å². The molecule has 1 N–H and O–H groups in total. The van der Waals surface area contributed by atoms with E-state index in [0.29, 0.717) is 29.8 Å². The molecule has 0 spiro atoms. The number of nitrogens with one attached hydrogen (secondary N) is 1. The fraction of sp³-hybridized carbons (Fsp3) is 0.250. The number of nitriles is 1. The maximum absolute atomic E-state index is 12.9. The molecule has 0 unspecified atom stereocenters. The third-order valence-corrected chi connectivity index (χ3v) is 4.38. The van der Waals surface area contributed by atoms with Gasteiger partial charge < -0.3 is 15.0 Å². The number of carbonyl (C=O) groups is 2. The molecule has 0 aliphatic carbocycles. The molecule has 132 valence electrons. The highest BCUT2D eigenvalue weighted by Crippen LogP contribution is 2.25. The van der Waals surface area contributed by atoms with Crippen molar-refractivity contribution in [2.45, 2.75) is 18.6 Å². The monoisotopic (exact) mass is 349 g/mol. The molecule has 2 atom stereocenters. The van der Waals surface area contributed by atoms with Crippen molar-refractivity contribution in [3.8, 4) is 11.8 Å². The van der Waals surface area contributed by atoms with E-state index in [0.717, 1.165) is 0 Å². The fourth-order valence-corrected chi connectivity index (χ4v) is 3.07. The highest BCUT2D eigenvalue weighted by molar-refractivity contribution is 5.98. The van der Waals surface area contributed by atoms with E-state index < -0.39 is 6.04 Å². The van der Waals surface area contributed by atoms with Crippen molar-refractivity contribution < 1.29 is 14.3 Å². The molecular formula is C20H19N3O3. The Bertz CT molecular complexity index is 828. The van der Waals surface area contributed by atoms with Crippen molar-refractivity contribution in [3.63, 3.8) is 0 Å². The van der Waals surface area contributed by atoms with Gasteiger partial charge in [-0.1, -0.05) is 18.2 Å². The number of nitrogens with zero attached hydrogens (tertiary/aromatic N) is 2. The van der Waals surface area contributed by atoms with E-state index in [9.17, 15) is 9.59 Å². The summed E-state index contributed by atoms with van der Waals surface area (Å²) in [6.45, 7) is 0.325. The van der Waals surface area contributed by atoms with Crippen LogP contribution in [0.2, 0.25) is 0 Å². The maximum atomic E-state index is 12.9. The van der Waals surface area contributed by atoms with Crippen molar-refractivity contribution in [2.75, 3.05) is 13.6 Å². The number of para-hydroxylation sites is 1. The number of ether oxygens (including phenoxy) is 1. The largest absolute Gasteiger partial charge is 0.488 e. The molecule has 0 saturated carbocycles. The van der Waals surface area contributed by atoms with Crippen LogP contribution in [0.4, 0.5) is 0 Å². The SMILES string of the molecule is CNC(=O)[C@@H]1C[C@H](Oc2ccccc2)CN1C(=O)c1ccc(C#N)cc1. The Morgan fingerprint density at radius 2 is 1.85 bits per heavy atom. The number of likely N-dealkylation sites (N-methyl/N-ethyl adjacent to an activating group) is 1. The first-order valence-electron chi connectivity index (χ1n) is 8.37. The molecular weight excluding hydrogens is 330 g/mol. The van der Waals surface area contributed by atoms with Crippen molar-refractivity contribution in [2.24, 2.45) is 0 Å². The number of likely N-dealkylation sites (tertiary alicyclic amines) is 1. The smallest absolute Gasteiger partial charge is 0.254 e. The first-order valence-corrected chi connectivity index (χ1v) is 8.37. The molecule has 3 rings (SSSR count). The van der Waals surface area contributed by atoms with E-state index in [1.165, 1.54) is 4.90 Å². The topological polar surface area (TPSA) is 82.4 Å². The second-order valence-corrected chi connectivity index (χ2v) is 6.07. The van der Waals surface area contributed by atoms with Gasteiger partial charge in [-0.05, 0) is 36.4 Å². The Kier molecular flexibility index (Phi) is 5.18. The summed E-state index contributed by atoms with van der Waals surface area (Å²) in [4.78, 5) is 26.7. The highest BCUT2D eigenvalue weighted by atomic mass is 16.5. The predicted molar refractivity (Wildman–Crippen MR) is 95.5 cm³/mol. The van der Waals surface area contributed by atoms with Crippen LogP contribution in [0.5, 0.6) is 5.75 Å². The Morgan fingerprint density at radius 3 is 2.46 bits per heavy atom. The minimum absolute atomic E-state index is 0.217. The Labute approximate surface area is 152 Å². The lowest BCUT2D eigenvalue weighted by Crippen LogP contribution is -2.44. The summed E-state index contributed by atoms with van der Waals surface area (Å²) in [6.07, 6.45) is 0.165. The van der Waals surface area contributed by atoms with E-state index >= 15 is 0 Å². The third-order valence-electron chi connectivity index (χ3n) is 4.38. The lowest BCUT2D eigenvalue weighted by molar-refractivity contribution is -0.124. The van der Waals surface area contributed by atoms with Gasteiger partial charge in [0, 0.05) is 19.0 Å². The van der Waals surface area contributed by atoms with E-state index in [-0.39, 0.29) is 17.9 Å². The van der Waals surface area contributed by atoms with Crippen LogP contribution in [0.3, 0.4) is 0 Å². The van der Waals surface area contributed by atoms with Crippen molar-refractivity contribution >= 4 is 11.8 Å². The number of carbonyl (C=O) groups excluding carboxylic acids is 2. The first-order chi connectivity index (χ1) is 12.6. The second kappa shape index (κ2) is 7.70. The Balaban J connectivity index is 1.79. The zero-order valence-corrected chi connectivity index (χ0v) is 14.4. The molecule has 1 fully saturated rings. The quantitative estimate of drug-likeness (QED) is 0.915. The van der Waals surface area contributed by atoms with Crippen LogP contribution in [-0.4, -0.2) is 42.5 Å². The Morgan fingerprint density at radius 1 is 1.15 bits per heavy atom. The Hall–Kier alpha value is -3.33. The van der Waals surface area contributed by atoms with E-state index in [1.54, 1.807) is 31.3 Å². The lowest BCUT2D eigenvalue weighted by Gasteiger charge is -2.23. The third kappa shape index (κ3) is 3.67. The molecule has 2 amide bonds.